The minimum Gasteiger partial charge on any atom is -0.478 e. The van der Waals surface area contributed by atoms with Crippen molar-refractivity contribution in [2.75, 3.05) is 25.1 Å². The number of carboxylic acid groups (broad SMARTS) is 1. The van der Waals surface area contributed by atoms with Crippen LogP contribution in [0.2, 0.25) is 0 Å². The molecule has 1 rings (SSSR count). The van der Waals surface area contributed by atoms with Gasteiger partial charge in [0, 0.05) is 32.3 Å². The van der Waals surface area contributed by atoms with E-state index in [4.69, 9.17) is 9.84 Å². The third-order valence-electron chi connectivity index (χ3n) is 3.77. The molecule has 7 nitrogen and oxygen atoms in total. The molecule has 0 saturated heterocycles. The zero-order valence-electron chi connectivity index (χ0n) is 15.4. The number of anilines is 1. The van der Waals surface area contributed by atoms with Crippen LogP contribution in [0.15, 0.2) is 24.3 Å². The molecule has 1 aromatic carbocycles. The van der Waals surface area contributed by atoms with Gasteiger partial charge in [-0.3, -0.25) is 10.1 Å². The molecular formula is C18H26N2O5. The first-order valence-electron chi connectivity index (χ1n) is 8.13. The van der Waals surface area contributed by atoms with Crippen molar-refractivity contribution in [3.63, 3.8) is 0 Å². The second kappa shape index (κ2) is 9.17. The molecule has 0 aliphatic carbocycles. The highest BCUT2D eigenvalue weighted by Gasteiger charge is 2.22. The molecule has 1 aromatic rings. The van der Waals surface area contributed by atoms with Gasteiger partial charge < -0.3 is 14.7 Å². The van der Waals surface area contributed by atoms with Crippen LogP contribution in [0.3, 0.4) is 0 Å². The van der Waals surface area contributed by atoms with E-state index in [0.717, 1.165) is 6.08 Å². The predicted octanol–water partition coefficient (Wildman–Crippen LogP) is 3.58. The fourth-order valence-electron chi connectivity index (χ4n) is 2.55. The number of nitro groups is 1. The lowest BCUT2D eigenvalue weighted by Gasteiger charge is -2.29. The van der Waals surface area contributed by atoms with Gasteiger partial charge in [-0.15, -0.1) is 0 Å². The number of carboxylic acids is 1. The Kier molecular flexibility index (Phi) is 7.57. The number of nitrogens with zero attached hydrogens (tertiary/aromatic N) is 2. The molecule has 138 valence electrons. The Bertz CT molecular complexity index is 655. The Morgan fingerprint density at radius 1 is 1.36 bits per heavy atom. The van der Waals surface area contributed by atoms with Gasteiger partial charge in [-0.2, -0.15) is 0 Å². The second-order valence-corrected chi connectivity index (χ2v) is 6.47. The summed E-state index contributed by atoms with van der Waals surface area (Å²) in [6.45, 7) is 8.80. The van der Waals surface area contributed by atoms with Gasteiger partial charge in [0.25, 0.3) is 5.69 Å². The van der Waals surface area contributed by atoms with Crippen molar-refractivity contribution in [2.24, 2.45) is 5.92 Å². The predicted molar refractivity (Wildman–Crippen MR) is 97.9 cm³/mol. The lowest BCUT2D eigenvalue weighted by atomic mass is 10.0. The van der Waals surface area contributed by atoms with Crippen LogP contribution in [0.25, 0.3) is 5.57 Å². The largest absolute Gasteiger partial charge is 0.478 e. The quantitative estimate of drug-likeness (QED) is 0.416. The normalized spacial score (nSPS) is 13.0. The first kappa shape index (κ1) is 20.6. The molecular weight excluding hydrogens is 324 g/mol. The minimum atomic E-state index is -1.08. The summed E-state index contributed by atoms with van der Waals surface area (Å²) < 4.78 is 5.30. The standard InChI is InChI=1S/C18H26N2O5/c1-12(2)10-19(11-14(4)25-5)16-7-6-15(9-17(16)20(23)24)13(3)8-18(21)22/h6-9,12,14H,10-11H2,1-5H3,(H,21,22)/b13-8+/t14-/m1/s1. The molecule has 25 heavy (non-hydrogen) atoms. The number of allylic oxidation sites excluding steroid dienone is 1. The van der Waals surface area contributed by atoms with Gasteiger partial charge in [-0.25, -0.2) is 4.79 Å². The van der Waals surface area contributed by atoms with Gasteiger partial charge in [-0.1, -0.05) is 19.9 Å². The summed E-state index contributed by atoms with van der Waals surface area (Å²) >= 11 is 0. The summed E-state index contributed by atoms with van der Waals surface area (Å²) in [5, 5.41) is 20.4. The van der Waals surface area contributed by atoms with Crippen LogP contribution in [0.4, 0.5) is 11.4 Å². The van der Waals surface area contributed by atoms with Gasteiger partial charge in [-0.05, 0) is 37.0 Å². The number of nitro benzene ring substituents is 1. The SMILES string of the molecule is CO[C@H](C)CN(CC(C)C)c1ccc(/C(C)=C/C(=O)O)cc1[N+](=O)[O-]. The Morgan fingerprint density at radius 2 is 2.00 bits per heavy atom. The second-order valence-electron chi connectivity index (χ2n) is 6.47. The van der Waals surface area contributed by atoms with E-state index in [9.17, 15) is 14.9 Å². The van der Waals surface area contributed by atoms with Gasteiger partial charge >= 0.3 is 5.97 Å². The Balaban J connectivity index is 3.35. The van der Waals surface area contributed by atoms with E-state index in [1.807, 2.05) is 25.7 Å². The van der Waals surface area contributed by atoms with Gasteiger partial charge in [0.15, 0.2) is 0 Å². The van der Waals surface area contributed by atoms with Crippen molar-refractivity contribution < 1.29 is 19.6 Å². The lowest BCUT2D eigenvalue weighted by molar-refractivity contribution is -0.384. The fraction of sp³-hybridized carbons (Fsp3) is 0.500. The molecule has 0 saturated carbocycles. The van der Waals surface area contributed by atoms with Crippen molar-refractivity contribution in [3.8, 4) is 0 Å². The zero-order chi connectivity index (χ0) is 19.1. The maximum Gasteiger partial charge on any atom is 0.328 e. The smallest absolute Gasteiger partial charge is 0.328 e. The van der Waals surface area contributed by atoms with Gasteiger partial charge in [0.05, 0.1) is 11.0 Å². The van der Waals surface area contributed by atoms with Crippen LogP contribution in [0.5, 0.6) is 0 Å². The van der Waals surface area contributed by atoms with E-state index in [0.29, 0.717) is 35.8 Å². The Hall–Kier alpha value is -2.41. The van der Waals surface area contributed by atoms with Crippen molar-refractivity contribution in [1.29, 1.82) is 0 Å². The summed E-state index contributed by atoms with van der Waals surface area (Å²) in [5.74, 6) is -0.767. The van der Waals surface area contributed by atoms with Crippen LogP contribution in [-0.4, -0.2) is 42.3 Å². The number of carbonyl (C=O) groups is 1. The molecule has 0 amide bonds. The summed E-state index contributed by atoms with van der Waals surface area (Å²) in [6, 6.07) is 4.81. The fourth-order valence-corrected chi connectivity index (χ4v) is 2.55. The van der Waals surface area contributed by atoms with E-state index in [-0.39, 0.29) is 11.8 Å². The molecule has 1 atom stereocenters. The lowest BCUT2D eigenvalue weighted by Crippen LogP contribution is -2.35. The van der Waals surface area contributed by atoms with E-state index in [2.05, 4.69) is 0 Å². The van der Waals surface area contributed by atoms with E-state index in [1.165, 1.54) is 6.07 Å². The molecule has 0 aliphatic heterocycles. The van der Waals surface area contributed by atoms with Gasteiger partial charge in [0.1, 0.15) is 5.69 Å². The number of hydrogen-bond donors (Lipinski definition) is 1. The molecule has 1 N–H and O–H groups in total. The molecule has 7 heteroatoms. The number of aliphatic carboxylic acids is 1. The highest BCUT2D eigenvalue weighted by Crippen LogP contribution is 2.32. The number of rotatable bonds is 9. The van der Waals surface area contributed by atoms with Crippen molar-refractivity contribution in [1.82, 2.24) is 0 Å². The van der Waals surface area contributed by atoms with Crippen LogP contribution < -0.4 is 4.90 Å². The van der Waals surface area contributed by atoms with Gasteiger partial charge in [0.2, 0.25) is 0 Å². The van der Waals surface area contributed by atoms with Crippen LogP contribution in [0.1, 0.15) is 33.3 Å². The van der Waals surface area contributed by atoms with Crippen molar-refractivity contribution in [2.45, 2.75) is 33.8 Å². The molecule has 0 heterocycles. The molecule has 0 unspecified atom stereocenters. The van der Waals surface area contributed by atoms with E-state index < -0.39 is 10.9 Å². The monoisotopic (exact) mass is 350 g/mol. The number of hydrogen-bond acceptors (Lipinski definition) is 5. The van der Waals surface area contributed by atoms with Crippen LogP contribution in [-0.2, 0) is 9.53 Å². The first-order valence-corrected chi connectivity index (χ1v) is 8.13. The molecule has 0 aromatic heterocycles. The Labute approximate surface area is 148 Å². The summed E-state index contributed by atoms with van der Waals surface area (Å²) in [5.41, 5.74) is 1.44. The highest BCUT2D eigenvalue weighted by atomic mass is 16.6. The molecule has 0 fully saturated rings. The average Bonchev–Trinajstić information content (AvgIpc) is 2.52. The van der Waals surface area contributed by atoms with E-state index >= 15 is 0 Å². The van der Waals surface area contributed by atoms with E-state index in [1.54, 1.807) is 26.2 Å². The summed E-state index contributed by atoms with van der Waals surface area (Å²) in [4.78, 5) is 23.9. The minimum absolute atomic E-state index is 0.0420. The highest BCUT2D eigenvalue weighted by molar-refractivity contribution is 5.90. The van der Waals surface area contributed by atoms with Crippen LogP contribution in [0, 0.1) is 16.0 Å². The average molecular weight is 350 g/mol. The molecule has 0 radical (unpaired) electrons. The molecule has 0 spiro atoms. The number of benzene rings is 1. The molecule has 0 bridgehead atoms. The zero-order valence-corrected chi connectivity index (χ0v) is 15.4. The number of ether oxygens (including phenoxy) is 1. The maximum atomic E-state index is 11.6. The topological polar surface area (TPSA) is 92.9 Å². The number of methoxy groups -OCH3 is 1. The summed E-state index contributed by atoms with van der Waals surface area (Å²) in [7, 11) is 1.61. The summed E-state index contributed by atoms with van der Waals surface area (Å²) in [6.07, 6.45) is 0.962. The Morgan fingerprint density at radius 3 is 2.48 bits per heavy atom. The third-order valence-corrected chi connectivity index (χ3v) is 3.77. The molecule has 0 aliphatic rings. The van der Waals surface area contributed by atoms with Crippen molar-refractivity contribution >= 4 is 22.9 Å². The maximum absolute atomic E-state index is 11.6. The van der Waals surface area contributed by atoms with Crippen molar-refractivity contribution in [3.05, 3.63) is 40.0 Å². The third kappa shape index (κ3) is 6.19. The first-order chi connectivity index (χ1) is 11.6. The van der Waals surface area contributed by atoms with Crippen LogP contribution >= 0.6 is 0 Å².